The van der Waals surface area contributed by atoms with E-state index in [1.54, 1.807) is 22.2 Å². The van der Waals surface area contributed by atoms with E-state index in [-0.39, 0.29) is 5.56 Å². The summed E-state index contributed by atoms with van der Waals surface area (Å²) in [6, 6.07) is 6.73. The number of thiophene rings is 1. The molecule has 4 heteroatoms. The van der Waals surface area contributed by atoms with Gasteiger partial charge in [-0.15, -0.1) is 11.3 Å². The molecule has 130 valence electrons. The lowest BCUT2D eigenvalue weighted by molar-refractivity contribution is 0.584. The maximum Gasteiger partial charge on any atom is 0.262 e. The molecule has 25 heavy (non-hydrogen) atoms. The zero-order valence-electron chi connectivity index (χ0n) is 14.8. The maximum absolute atomic E-state index is 13.0. The molecule has 1 aromatic carbocycles. The van der Waals surface area contributed by atoms with Crippen LogP contribution in [0, 0.1) is 0 Å². The fraction of sp³-hybridized carbons (Fsp3) is 0.429. The Labute approximate surface area is 152 Å². The first-order valence-corrected chi connectivity index (χ1v) is 10.2. The lowest BCUT2D eigenvalue weighted by Crippen LogP contribution is -2.20. The molecule has 0 fully saturated rings. The van der Waals surface area contributed by atoms with Crippen molar-refractivity contribution in [3.05, 3.63) is 51.4 Å². The third-order valence-corrected chi connectivity index (χ3v) is 6.11. The zero-order chi connectivity index (χ0) is 17.2. The van der Waals surface area contributed by atoms with E-state index in [9.17, 15) is 4.79 Å². The molecule has 1 aliphatic rings. The van der Waals surface area contributed by atoms with Crippen LogP contribution in [0.4, 0.5) is 0 Å². The summed E-state index contributed by atoms with van der Waals surface area (Å²) < 4.78 is 1.78. The monoisotopic (exact) mass is 352 g/mol. The summed E-state index contributed by atoms with van der Waals surface area (Å²) in [5, 5.41) is 2.89. The molecule has 0 saturated carbocycles. The Kier molecular flexibility index (Phi) is 4.71. The molecule has 1 aliphatic carbocycles. The predicted octanol–water partition coefficient (Wildman–Crippen LogP) is 5.19. The first-order chi connectivity index (χ1) is 12.3. The molecule has 0 radical (unpaired) electrons. The van der Waals surface area contributed by atoms with Crippen molar-refractivity contribution in [3.8, 4) is 11.1 Å². The lowest BCUT2D eigenvalue weighted by atomic mass is 9.89. The highest BCUT2D eigenvalue weighted by molar-refractivity contribution is 7.17. The number of aromatic nitrogens is 2. The van der Waals surface area contributed by atoms with E-state index >= 15 is 0 Å². The van der Waals surface area contributed by atoms with Crippen LogP contribution in [-0.2, 0) is 19.4 Å². The van der Waals surface area contributed by atoms with Crippen LogP contribution in [0.1, 0.15) is 50.2 Å². The van der Waals surface area contributed by atoms with Crippen LogP contribution in [0.3, 0.4) is 0 Å². The zero-order valence-corrected chi connectivity index (χ0v) is 15.6. The molecule has 0 bridgehead atoms. The molecule has 0 N–H and O–H groups in total. The highest BCUT2D eigenvalue weighted by Gasteiger charge is 2.15. The molecule has 2 heterocycles. The molecule has 4 rings (SSSR count). The summed E-state index contributed by atoms with van der Waals surface area (Å²) in [5.74, 6) is 0. The average Bonchev–Trinajstić information content (AvgIpc) is 3.08. The second-order valence-corrected chi connectivity index (χ2v) is 7.83. The topological polar surface area (TPSA) is 34.9 Å². The predicted molar refractivity (Wildman–Crippen MR) is 105 cm³/mol. The minimum Gasteiger partial charge on any atom is -0.299 e. The molecule has 0 unspecified atom stereocenters. The second kappa shape index (κ2) is 7.12. The van der Waals surface area contributed by atoms with Gasteiger partial charge in [0.15, 0.2) is 0 Å². The first-order valence-electron chi connectivity index (χ1n) is 9.36. The fourth-order valence-corrected chi connectivity index (χ4v) is 4.68. The number of unbranched alkanes of at least 4 members (excludes halogenated alkanes) is 2. The van der Waals surface area contributed by atoms with Gasteiger partial charge >= 0.3 is 0 Å². The Morgan fingerprint density at radius 2 is 2.00 bits per heavy atom. The molecule has 0 saturated heterocycles. The van der Waals surface area contributed by atoms with Crippen LogP contribution in [-0.4, -0.2) is 9.55 Å². The van der Waals surface area contributed by atoms with Crippen LogP contribution >= 0.6 is 11.3 Å². The highest BCUT2D eigenvalue weighted by Crippen LogP contribution is 2.33. The van der Waals surface area contributed by atoms with Crippen molar-refractivity contribution in [2.24, 2.45) is 0 Å². The van der Waals surface area contributed by atoms with Crippen molar-refractivity contribution in [3.63, 3.8) is 0 Å². The van der Waals surface area contributed by atoms with E-state index < -0.39 is 0 Å². The van der Waals surface area contributed by atoms with E-state index in [2.05, 4.69) is 35.5 Å². The smallest absolute Gasteiger partial charge is 0.262 e. The number of aryl methyl sites for hydroxylation is 3. The first kappa shape index (κ1) is 16.5. The van der Waals surface area contributed by atoms with Gasteiger partial charge in [-0.1, -0.05) is 38.0 Å². The summed E-state index contributed by atoms with van der Waals surface area (Å²) in [4.78, 5) is 18.4. The molecule has 3 nitrogen and oxygen atoms in total. The Hall–Kier alpha value is -1.94. The third kappa shape index (κ3) is 3.15. The molecule has 2 aromatic heterocycles. The van der Waals surface area contributed by atoms with Crippen LogP contribution in [0.15, 0.2) is 34.7 Å². The fourth-order valence-electron chi connectivity index (χ4n) is 3.77. The van der Waals surface area contributed by atoms with Crippen molar-refractivity contribution < 1.29 is 0 Å². The highest BCUT2D eigenvalue weighted by atomic mass is 32.1. The molecule has 0 aliphatic heterocycles. The lowest BCUT2D eigenvalue weighted by Gasteiger charge is -2.16. The van der Waals surface area contributed by atoms with Crippen LogP contribution in [0.2, 0.25) is 0 Å². The standard InChI is InChI=1S/C21H24N2OS/c1-2-3-6-11-23-14-22-20-19(21(23)24)18(13-25-20)17-10-9-15-7-4-5-8-16(15)12-17/h9-10,12-14H,2-8,11H2,1H3. The normalized spacial score (nSPS) is 14.0. The van der Waals surface area contributed by atoms with Gasteiger partial charge in [0.2, 0.25) is 0 Å². The molecule has 0 atom stereocenters. The Morgan fingerprint density at radius 1 is 1.16 bits per heavy atom. The van der Waals surface area contributed by atoms with Crippen molar-refractivity contribution in [2.45, 2.75) is 58.4 Å². The van der Waals surface area contributed by atoms with Gasteiger partial charge in [0.25, 0.3) is 5.56 Å². The molecule has 0 amide bonds. The summed E-state index contributed by atoms with van der Waals surface area (Å²) in [6.45, 7) is 2.94. The Balaban J connectivity index is 1.77. The number of hydrogen-bond acceptors (Lipinski definition) is 3. The van der Waals surface area contributed by atoms with Crippen LogP contribution in [0.5, 0.6) is 0 Å². The Bertz CT molecular complexity index is 954. The van der Waals surface area contributed by atoms with Gasteiger partial charge < -0.3 is 0 Å². The van der Waals surface area contributed by atoms with Gasteiger partial charge in [-0.25, -0.2) is 4.98 Å². The minimum absolute atomic E-state index is 0.107. The van der Waals surface area contributed by atoms with Crippen LogP contribution < -0.4 is 5.56 Å². The SMILES string of the molecule is CCCCCn1cnc2scc(-c3ccc4c(c3)CCCC4)c2c1=O. The minimum atomic E-state index is 0.107. The van der Waals surface area contributed by atoms with Crippen molar-refractivity contribution in [2.75, 3.05) is 0 Å². The van der Waals surface area contributed by atoms with E-state index in [0.717, 1.165) is 53.6 Å². The quantitative estimate of drug-likeness (QED) is 0.592. The van der Waals surface area contributed by atoms with Gasteiger partial charge in [0.05, 0.1) is 11.7 Å². The van der Waals surface area contributed by atoms with Gasteiger partial charge in [-0.05, 0) is 48.8 Å². The van der Waals surface area contributed by atoms with Crippen LogP contribution in [0.25, 0.3) is 21.3 Å². The summed E-state index contributed by atoms with van der Waals surface area (Å²) in [7, 11) is 0. The summed E-state index contributed by atoms with van der Waals surface area (Å²) in [5.41, 5.74) is 5.25. The molecular weight excluding hydrogens is 328 g/mol. The Morgan fingerprint density at radius 3 is 2.84 bits per heavy atom. The third-order valence-electron chi connectivity index (χ3n) is 5.22. The number of benzene rings is 1. The molecule has 0 spiro atoms. The van der Waals surface area contributed by atoms with Gasteiger partial charge in [-0.3, -0.25) is 9.36 Å². The number of nitrogens with zero attached hydrogens (tertiary/aromatic N) is 2. The van der Waals surface area contributed by atoms with E-state index in [1.807, 2.05) is 0 Å². The number of hydrogen-bond donors (Lipinski definition) is 0. The largest absolute Gasteiger partial charge is 0.299 e. The van der Waals surface area contributed by atoms with E-state index in [4.69, 9.17) is 0 Å². The van der Waals surface area contributed by atoms with Crippen molar-refractivity contribution in [1.29, 1.82) is 0 Å². The molecule has 3 aromatic rings. The summed E-state index contributed by atoms with van der Waals surface area (Å²) >= 11 is 1.57. The van der Waals surface area contributed by atoms with Gasteiger partial charge in [0, 0.05) is 17.5 Å². The van der Waals surface area contributed by atoms with Crippen molar-refractivity contribution in [1.82, 2.24) is 9.55 Å². The van der Waals surface area contributed by atoms with Gasteiger partial charge in [-0.2, -0.15) is 0 Å². The van der Waals surface area contributed by atoms with E-state index in [0.29, 0.717) is 0 Å². The second-order valence-electron chi connectivity index (χ2n) is 6.97. The molecular formula is C21H24N2OS. The summed E-state index contributed by atoms with van der Waals surface area (Å²) in [6.07, 6.45) is 9.95. The van der Waals surface area contributed by atoms with Crippen molar-refractivity contribution >= 4 is 21.6 Å². The van der Waals surface area contributed by atoms with E-state index in [1.165, 1.54) is 30.4 Å². The number of fused-ring (bicyclic) bond motifs is 2. The average molecular weight is 353 g/mol. The van der Waals surface area contributed by atoms with Gasteiger partial charge in [0.1, 0.15) is 4.83 Å². The number of rotatable bonds is 5. The maximum atomic E-state index is 13.0.